The van der Waals surface area contributed by atoms with Crippen LogP contribution in [-0.2, 0) is 6.54 Å². The highest BCUT2D eigenvalue weighted by Gasteiger charge is 2.12. The highest BCUT2D eigenvalue weighted by molar-refractivity contribution is 5.40. The van der Waals surface area contributed by atoms with Crippen LogP contribution in [0.4, 0.5) is 10.1 Å². The summed E-state index contributed by atoms with van der Waals surface area (Å²) in [5.41, 5.74) is 0.559. The van der Waals surface area contributed by atoms with E-state index >= 15 is 0 Å². The number of pyridine rings is 1. The van der Waals surface area contributed by atoms with Gasteiger partial charge < -0.3 is 10.1 Å². The van der Waals surface area contributed by atoms with Crippen LogP contribution >= 0.6 is 0 Å². The Morgan fingerprint density at radius 2 is 2.20 bits per heavy atom. The van der Waals surface area contributed by atoms with E-state index in [2.05, 4.69) is 10.3 Å². The molecule has 0 aliphatic carbocycles. The summed E-state index contributed by atoms with van der Waals surface area (Å²) in [4.78, 5) is 13.8. The molecule has 0 fully saturated rings. The number of ether oxygens (including phenoxy) is 1. The van der Waals surface area contributed by atoms with Crippen LogP contribution in [0.5, 0.6) is 11.5 Å². The maximum absolute atomic E-state index is 13.7. The van der Waals surface area contributed by atoms with Crippen molar-refractivity contribution in [3.8, 4) is 11.5 Å². The van der Waals surface area contributed by atoms with Crippen molar-refractivity contribution in [1.82, 2.24) is 10.3 Å². The maximum atomic E-state index is 13.7. The van der Waals surface area contributed by atoms with Crippen molar-refractivity contribution >= 4 is 5.69 Å². The standard InChI is InChI=1S/C13H12FN3O3/c1-15-6-9-4-11(8-16-7-9)20-13-3-2-10(17(18)19)5-12(13)14/h2-5,7-8,15H,6H2,1H3. The molecule has 1 aromatic heterocycles. The molecule has 0 saturated heterocycles. The minimum Gasteiger partial charge on any atom is -0.453 e. The maximum Gasteiger partial charge on any atom is 0.272 e. The summed E-state index contributed by atoms with van der Waals surface area (Å²) in [6.45, 7) is 0.604. The Bertz CT molecular complexity index is 634. The molecule has 0 atom stereocenters. The monoisotopic (exact) mass is 277 g/mol. The van der Waals surface area contributed by atoms with Gasteiger partial charge in [-0.25, -0.2) is 4.39 Å². The largest absolute Gasteiger partial charge is 0.453 e. The fourth-order valence-corrected chi connectivity index (χ4v) is 1.63. The van der Waals surface area contributed by atoms with Gasteiger partial charge in [-0.1, -0.05) is 0 Å². The number of nitro benzene ring substituents is 1. The van der Waals surface area contributed by atoms with Gasteiger partial charge >= 0.3 is 0 Å². The number of nitro groups is 1. The van der Waals surface area contributed by atoms with Crippen molar-refractivity contribution in [3.63, 3.8) is 0 Å². The van der Waals surface area contributed by atoms with Crippen molar-refractivity contribution in [3.05, 3.63) is 58.2 Å². The van der Waals surface area contributed by atoms with Gasteiger partial charge in [-0.3, -0.25) is 15.1 Å². The van der Waals surface area contributed by atoms with Gasteiger partial charge in [0.1, 0.15) is 5.75 Å². The van der Waals surface area contributed by atoms with Crippen LogP contribution in [0.1, 0.15) is 5.56 Å². The molecule has 0 spiro atoms. The van der Waals surface area contributed by atoms with Gasteiger partial charge in [0.2, 0.25) is 0 Å². The lowest BCUT2D eigenvalue weighted by Gasteiger charge is -2.07. The zero-order valence-electron chi connectivity index (χ0n) is 10.7. The summed E-state index contributed by atoms with van der Waals surface area (Å²) in [5, 5.41) is 13.5. The van der Waals surface area contributed by atoms with E-state index < -0.39 is 10.7 Å². The number of halogens is 1. The number of nitrogens with one attached hydrogen (secondary N) is 1. The Hall–Kier alpha value is -2.54. The Kier molecular flexibility index (Phi) is 4.21. The number of hydrogen-bond acceptors (Lipinski definition) is 5. The Morgan fingerprint density at radius 1 is 1.40 bits per heavy atom. The van der Waals surface area contributed by atoms with E-state index in [0.717, 1.165) is 11.6 Å². The van der Waals surface area contributed by atoms with Crippen molar-refractivity contribution in [2.45, 2.75) is 6.54 Å². The van der Waals surface area contributed by atoms with Gasteiger partial charge in [-0.15, -0.1) is 0 Å². The van der Waals surface area contributed by atoms with Crippen LogP contribution in [0.25, 0.3) is 0 Å². The van der Waals surface area contributed by atoms with Crippen molar-refractivity contribution in [2.24, 2.45) is 0 Å². The molecule has 0 aliphatic rings. The molecule has 104 valence electrons. The average molecular weight is 277 g/mol. The van der Waals surface area contributed by atoms with Crippen LogP contribution in [0.15, 0.2) is 36.7 Å². The number of non-ortho nitro benzene ring substituents is 1. The summed E-state index contributed by atoms with van der Waals surface area (Å²) in [5.74, 6) is -0.511. The Labute approximate surface area is 114 Å². The molecule has 1 N–H and O–H groups in total. The molecule has 1 aromatic carbocycles. The summed E-state index contributed by atoms with van der Waals surface area (Å²) in [6.07, 6.45) is 3.11. The van der Waals surface area contributed by atoms with Gasteiger partial charge in [0.15, 0.2) is 11.6 Å². The smallest absolute Gasteiger partial charge is 0.272 e. The second-order valence-corrected chi connectivity index (χ2v) is 4.03. The summed E-state index contributed by atoms with van der Waals surface area (Å²) in [6, 6.07) is 4.94. The zero-order valence-corrected chi connectivity index (χ0v) is 10.7. The van der Waals surface area contributed by atoms with Gasteiger partial charge in [0.25, 0.3) is 5.69 Å². The number of rotatable bonds is 5. The average Bonchev–Trinajstić information content (AvgIpc) is 2.42. The third-order valence-corrected chi connectivity index (χ3v) is 2.50. The lowest BCUT2D eigenvalue weighted by atomic mass is 10.2. The molecule has 0 radical (unpaired) electrons. The molecule has 0 aliphatic heterocycles. The van der Waals surface area contributed by atoms with Crippen LogP contribution in [0.2, 0.25) is 0 Å². The van der Waals surface area contributed by atoms with E-state index in [1.54, 1.807) is 19.3 Å². The third-order valence-electron chi connectivity index (χ3n) is 2.50. The molecule has 0 saturated carbocycles. The van der Waals surface area contributed by atoms with Gasteiger partial charge in [-0.05, 0) is 24.7 Å². The van der Waals surface area contributed by atoms with Crippen molar-refractivity contribution in [2.75, 3.05) is 7.05 Å². The lowest BCUT2D eigenvalue weighted by Crippen LogP contribution is -2.05. The molecule has 0 amide bonds. The first kappa shape index (κ1) is 13.9. The van der Waals surface area contributed by atoms with Gasteiger partial charge in [-0.2, -0.15) is 0 Å². The minimum atomic E-state index is -0.793. The zero-order chi connectivity index (χ0) is 14.5. The fourth-order valence-electron chi connectivity index (χ4n) is 1.63. The highest BCUT2D eigenvalue weighted by atomic mass is 19.1. The Morgan fingerprint density at radius 3 is 2.85 bits per heavy atom. The van der Waals surface area contributed by atoms with E-state index in [4.69, 9.17) is 4.74 Å². The number of benzene rings is 1. The van der Waals surface area contributed by atoms with Gasteiger partial charge in [0, 0.05) is 18.8 Å². The van der Waals surface area contributed by atoms with E-state index in [1.165, 1.54) is 18.3 Å². The third kappa shape index (κ3) is 3.27. The Balaban J connectivity index is 2.21. The van der Waals surface area contributed by atoms with E-state index in [0.29, 0.717) is 12.3 Å². The molecule has 7 heteroatoms. The highest BCUT2D eigenvalue weighted by Crippen LogP contribution is 2.27. The lowest BCUT2D eigenvalue weighted by molar-refractivity contribution is -0.385. The summed E-state index contributed by atoms with van der Waals surface area (Å²) in [7, 11) is 1.80. The number of aromatic nitrogens is 1. The van der Waals surface area contributed by atoms with Crippen molar-refractivity contribution < 1.29 is 14.1 Å². The molecule has 0 unspecified atom stereocenters. The normalized spacial score (nSPS) is 10.3. The SMILES string of the molecule is CNCc1cncc(Oc2ccc([N+](=O)[O-])cc2F)c1. The molecule has 2 rings (SSSR count). The van der Waals surface area contributed by atoms with Gasteiger partial charge in [0.05, 0.1) is 17.2 Å². The van der Waals surface area contributed by atoms with E-state index in [1.807, 2.05) is 0 Å². The molecule has 20 heavy (non-hydrogen) atoms. The molecular formula is C13H12FN3O3. The molecule has 6 nitrogen and oxygen atoms in total. The fraction of sp³-hybridized carbons (Fsp3) is 0.154. The van der Waals surface area contributed by atoms with Crippen molar-refractivity contribution in [1.29, 1.82) is 0 Å². The summed E-state index contributed by atoms with van der Waals surface area (Å²) >= 11 is 0. The first-order valence-electron chi connectivity index (χ1n) is 5.80. The first-order chi connectivity index (χ1) is 9.60. The van der Waals surface area contributed by atoms with E-state index in [9.17, 15) is 14.5 Å². The first-order valence-corrected chi connectivity index (χ1v) is 5.80. The number of nitrogens with zero attached hydrogens (tertiary/aromatic N) is 2. The molecule has 2 aromatic rings. The number of hydrogen-bond donors (Lipinski definition) is 1. The van der Waals surface area contributed by atoms with E-state index in [-0.39, 0.29) is 11.4 Å². The second kappa shape index (κ2) is 6.07. The molecule has 0 bridgehead atoms. The summed E-state index contributed by atoms with van der Waals surface area (Å²) < 4.78 is 19.0. The molecule has 1 heterocycles. The topological polar surface area (TPSA) is 77.3 Å². The van der Waals surface area contributed by atoms with Crippen LogP contribution in [0.3, 0.4) is 0 Å². The van der Waals surface area contributed by atoms with Crippen LogP contribution in [-0.4, -0.2) is 17.0 Å². The predicted octanol–water partition coefficient (Wildman–Crippen LogP) is 2.64. The predicted molar refractivity (Wildman–Crippen MR) is 70.1 cm³/mol. The molecular weight excluding hydrogens is 265 g/mol. The van der Waals surface area contributed by atoms with Crippen LogP contribution < -0.4 is 10.1 Å². The minimum absolute atomic E-state index is 0.0843. The second-order valence-electron chi connectivity index (χ2n) is 4.03. The van der Waals surface area contributed by atoms with Crippen LogP contribution in [0, 0.1) is 15.9 Å². The quantitative estimate of drug-likeness (QED) is 0.671.